The largest absolute Gasteiger partial charge is 0.358 e. The number of thiophene rings is 1. The summed E-state index contributed by atoms with van der Waals surface area (Å²) in [5, 5.41) is 14.3. The second kappa shape index (κ2) is 6.49. The quantitative estimate of drug-likeness (QED) is 0.349. The van der Waals surface area contributed by atoms with Crippen LogP contribution in [0.25, 0.3) is 20.7 Å². The molecule has 3 aromatic rings. The lowest BCUT2D eigenvalue weighted by Gasteiger charge is -2.07. The van der Waals surface area contributed by atoms with Gasteiger partial charge < -0.3 is 15.1 Å². The molecule has 130 valence electrons. The van der Waals surface area contributed by atoms with Gasteiger partial charge in [-0.2, -0.15) is 0 Å². The van der Waals surface area contributed by atoms with E-state index in [4.69, 9.17) is 9.79 Å². The summed E-state index contributed by atoms with van der Waals surface area (Å²) < 4.78 is 11.1. The molecule has 3 rings (SSSR count). The zero-order valence-electron chi connectivity index (χ0n) is 12.9. The van der Waals surface area contributed by atoms with E-state index in [0.717, 1.165) is 16.9 Å². The van der Waals surface area contributed by atoms with Gasteiger partial charge in [-0.05, 0) is 12.5 Å². The Morgan fingerprint density at radius 1 is 1.28 bits per heavy atom. The van der Waals surface area contributed by atoms with Crippen molar-refractivity contribution in [1.82, 2.24) is 9.97 Å². The topological polar surface area (TPSA) is 138 Å². The van der Waals surface area contributed by atoms with Gasteiger partial charge in [-0.15, -0.1) is 11.3 Å². The third-order valence-corrected chi connectivity index (χ3v) is 5.12. The molecule has 25 heavy (non-hydrogen) atoms. The van der Waals surface area contributed by atoms with Crippen molar-refractivity contribution in [2.24, 2.45) is 0 Å². The zero-order chi connectivity index (χ0) is 18.2. The molecule has 0 spiro atoms. The molecule has 3 N–H and O–H groups in total. The van der Waals surface area contributed by atoms with Gasteiger partial charge in [0.1, 0.15) is 33.5 Å². The summed E-state index contributed by atoms with van der Waals surface area (Å²) >= 11 is 1.13. The third-order valence-electron chi connectivity index (χ3n) is 3.41. The molecule has 0 aliphatic heterocycles. The second-order valence-electron chi connectivity index (χ2n) is 5.30. The molecule has 11 heteroatoms. The molecule has 9 nitrogen and oxygen atoms in total. The van der Waals surface area contributed by atoms with Gasteiger partial charge in [0.05, 0.1) is 4.92 Å². The fraction of sp³-hybridized carbons (Fsp3) is 0.143. The minimum Gasteiger partial charge on any atom is -0.358 e. The van der Waals surface area contributed by atoms with Crippen LogP contribution in [0.4, 0.5) is 11.5 Å². The lowest BCUT2D eigenvalue weighted by atomic mass is 10.1. The molecular weight excluding hydrogens is 367 g/mol. The molecule has 0 fully saturated rings. The number of nitro groups is 1. The first-order valence-electron chi connectivity index (χ1n) is 7.03. The standard InChI is InChI=1S/C14H13N4O5PS/c1-8-2-4-9(5-3-8)12-11(18(19)20)10-13(17-7-24(21,22)23)15-6-16-14(10)25-12/h2-6H,7H2,1H3,(H,15,16,17)(H2,21,22,23). The Balaban J connectivity index is 2.20. The Labute approximate surface area is 145 Å². The van der Waals surface area contributed by atoms with Crippen LogP contribution in [0.1, 0.15) is 5.56 Å². The van der Waals surface area contributed by atoms with E-state index in [1.165, 1.54) is 6.33 Å². The predicted molar refractivity (Wildman–Crippen MR) is 94.8 cm³/mol. The molecular formula is C14H13N4O5PS. The van der Waals surface area contributed by atoms with Crippen molar-refractivity contribution in [1.29, 1.82) is 0 Å². The molecule has 2 aromatic heterocycles. The van der Waals surface area contributed by atoms with Crippen molar-refractivity contribution in [2.45, 2.75) is 6.92 Å². The minimum atomic E-state index is -4.34. The van der Waals surface area contributed by atoms with E-state index in [1.807, 2.05) is 19.1 Å². The van der Waals surface area contributed by atoms with Gasteiger partial charge in [-0.3, -0.25) is 14.7 Å². The van der Waals surface area contributed by atoms with Crippen LogP contribution in [-0.2, 0) is 4.57 Å². The maximum atomic E-state index is 11.7. The normalized spacial score (nSPS) is 11.6. The van der Waals surface area contributed by atoms with Crippen molar-refractivity contribution in [3.8, 4) is 10.4 Å². The number of nitrogens with one attached hydrogen (secondary N) is 1. The van der Waals surface area contributed by atoms with Crippen LogP contribution in [-0.4, -0.2) is 31.0 Å². The highest BCUT2D eigenvalue weighted by molar-refractivity contribution is 7.51. The first-order chi connectivity index (χ1) is 11.8. The highest BCUT2D eigenvalue weighted by Crippen LogP contribution is 2.46. The molecule has 0 saturated carbocycles. The number of benzene rings is 1. The SMILES string of the molecule is Cc1ccc(-c2sc3ncnc(NCP(=O)(O)O)c3c2[N+](=O)[O-])cc1. The molecule has 0 radical (unpaired) electrons. The van der Waals surface area contributed by atoms with Gasteiger partial charge in [0.25, 0.3) is 0 Å². The number of fused-ring (bicyclic) bond motifs is 1. The van der Waals surface area contributed by atoms with Crippen LogP contribution >= 0.6 is 18.9 Å². The average molecular weight is 380 g/mol. The number of hydrogen-bond acceptors (Lipinski definition) is 7. The van der Waals surface area contributed by atoms with Crippen molar-refractivity contribution in [3.05, 3.63) is 46.3 Å². The fourth-order valence-corrected chi connectivity index (χ4v) is 3.78. The molecule has 0 atom stereocenters. The van der Waals surface area contributed by atoms with Gasteiger partial charge in [0, 0.05) is 0 Å². The molecule has 1 aromatic carbocycles. The van der Waals surface area contributed by atoms with Gasteiger partial charge >= 0.3 is 13.3 Å². The Morgan fingerprint density at radius 2 is 1.96 bits per heavy atom. The zero-order valence-corrected chi connectivity index (χ0v) is 14.6. The molecule has 2 heterocycles. The first-order valence-corrected chi connectivity index (χ1v) is 9.65. The average Bonchev–Trinajstić information content (AvgIpc) is 2.93. The summed E-state index contributed by atoms with van der Waals surface area (Å²) in [5.41, 5.74) is 1.51. The lowest BCUT2D eigenvalue weighted by Crippen LogP contribution is -2.05. The van der Waals surface area contributed by atoms with Crippen LogP contribution < -0.4 is 5.32 Å². The predicted octanol–water partition coefficient (Wildman–Crippen LogP) is 3.12. The Bertz CT molecular complexity index is 998. The Kier molecular flexibility index (Phi) is 4.53. The maximum Gasteiger partial charge on any atom is 0.344 e. The van der Waals surface area contributed by atoms with E-state index in [0.29, 0.717) is 15.3 Å². The molecule has 0 saturated heterocycles. The van der Waals surface area contributed by atoms with Crippen molar-refractivity contribution in [2.75, 3.05) is 11.6 Å². The van der Waals surface area contributed by atoms with Crippen molar-refractivity contribution >= 4 is 40.7 Å². The number of hydrogen-bond donors (Lipinski definition) is 3. The van der Waals surface area contributed by atoms with E-state index in [2.05, 4.69) is 15.3 Å². The van der Waals surface area contributed by atoms with E-state index in [9.17, 15) is 14.7 Å². The van der Waals surface area contributed by atoms with Gasteiger partial charge in [-0.1, -0.05) is 29.8 Å². The van der Waals surface area contributed by atoms with E-state index < -0.39 is 18.8 Å². The molecule has 0 aliphatic rings. The first kappa shape index (κ1) is 17.4. The maximum absolute atomic E-state index is 11.7. The summed E-state index contributed by atoms with van der Waals surface area (Å²) in [7, 11) is -4.34. The second-order valence-corrected chi connectivity index (χ2v) is 7.95. The van der Waals surface area contributed by atoms with Crippen LogP contribution in [0.3, 0.4) is 0 Å². The summed E-state index contributed by atoms with van der Waals surface area (Å²) in [6.07, 6.45) is 0.523. The molecule has 0 amide bonds. The molecule has 0 aliphatic carbocycles. The summed E-state index contributed by atoms with van der Waals surface area (Å²) in [6, 6.07) is 7.26. The molecule has 0 bridgehead atoms. The van der Waals surface area contributed by atoms with E-state index >= 15 is 0 Å². The van der Waals surface area contributed by atoms with Crippen molar-refractivity contribution in [3.63, 3.8) is 0 Å². The summed E-state index contributed by atoms with van der Waals surface area (Å²) in [4.78, 5) is 37.9. The summed E-state index contributed by atoms with van der Waals surface area (Å²) in [5.74, 6) is 0.0228. The monoisotopic (exact) mass is 380 g/mol. The highest BCUT2D eigenvalue weighted by Gasteiger charge is 2.28. The van der Waals surface area contributed by atoms with E-state index in [-0.39, 0.29) is 16.9 Å². The van der Waals surface area contributed by atoms with Gasteiger partial charge in [-0.25, -0.2) is 9.97 Å². The number of nitrogens with zero attached hydrogens (tertiary/aromatic N) is 3. The smallest absolute Gasteiger partial charge is 0.344 e. The van der Waals surface area contributed by atoms with Gasteiger partial charge in [0.2, 0.25) is 0 Å². The van der Waals surface area contributed by atoms with Crippen LogP contribution in [0, 0.1) is 17.0 Å². The summed E-state index contributed by atoms with van der Waals surface area (Å²) in [6.45, 7) is 1.92. The van der Waals surface area contributed by atoms with Crippen LogP contribution in [0.5, 0.6) is 0 Å². The Morgan fingerprint density at radius 3 is 2.56 bits per heavy atom. The fourth-order valence-electron chi connectivity index (χ4n) is 2.31. The van der Waals surface area contributed by atoms with Gasteiger partial charge in [0.15, 0.2) is 0 Å². The minimum absolute atomic E-state index is 0.0228. The number of rotatable bonds is 5. The highest BCUT2D eigenvalue weighted by atomic mass is 32.1. The Hall–Kier alpha value is -2.39. The van der Waals surface area contributed by atoms with E-state index in [1.54, 1.807) is 12.1 Å². The van der Waals surface area contributed by atoms with Crippen LogP contribution in [0.15, 0.2) is 30.6 Å². The molecule has 0 unspecified atom stereocenters. The number of aromatic nitrogens is 2. The number of anilines is 1. The van der Waals surface area contributed by atoms with Crippen molar-refractivity contribution < 1.29 is 19.3 Å². The van der Waals surface area contributed by atoms with Crippen LogP contribution in [0.2, 0.25) is 0 Å². The number of aryl methyl sites for hydroxylation is 1. The lowest BCUT2D eigenvalue weighted by molar-refractivity contribution is -0.382. The third kappa shape index (κ3) is 3.67.